The fourth-order valence-electron chi connectivity index (χ4n) is 1.58. The second-order valence-electron chi connectivity index (χ2n) is 3.50. The summed E-state index contributed by atoms with van der Waals surface area (Å²) in [6.07, 6.45) is 0.393. The van der Waals surface area contributed by atoms with Gasteiger partial charge in [0, 0.05) is 13.1 Å². The topological polar surface area (TPSA) is 80.6 Å². The molecule has 0 amide bonds. The number of hydrogen-bond acceptors (Lipinski definition) is 7. The summed E-state index contributed by atoms with van der Waals surface area (Å²) in [7, 11) is 2.97. The first-order chi connectivity index (χ1) is 7.72. The van der Waals surface area contributed by atoms with Crippen molar-refractivity contribution in [1.29, 1.82) is 0 Å². The van der Waals surface area contributed by atoms with Crippen LogP contribution in [0.5, 0.6) is 12.0 Å². The van der Waals surface area contributed by atoms with Crippen LogP contribution in [0.4, 0.5) is 5.95 Å². The third-order valence-corrected chi connectivity index (χ3v) is 2.39. The number of anilines is 1. The number of aromatic nitrogens is 3. The minimum absolute atomic E-state index is 0.211. The lowest BCUT2D eigenvalue weighted by Gasteiger charge is -2.15. The first-order valence-electron chi connectivity index (χ1n) is 5.00. The zero-order valence-corrected chi connectivity index (χ0v) is 9.25. The summed E-state index contributed by atoms with van der Waals surface area (Å²) in [6.45, 7) is 1.24. The van der Waals surface area contributed by atoms with Crippen LogP contribution in [-0.4, -0.2) is 53.5 Å². The van der Waals surface area contributed by atoms with E-state index in [-0.39, 0.29) is 18.1 Å². The van der Waals surface area contributed by atoms with Crippen LogP contribution in [0, 0.1) is 0 Å². The van der Waals surface area contributed by atoms with Crippen molar-refractivity contribution in [3.63, 3.8) is 0 Å². The molecule has 1 aliphatic heterocycles. The van der Waals surface area contributed by atoms with Gasteiger partial charge in [-0.25, -0.2) is 0 Å². The number of aliphatic hydroxyl groups is 1. The summed E-state index contributed by atoms with van der Waals surface area (Å²) >= 11 is 0. The highest BCUT2D eigenvalue weighted by molar-refractivity contribution is 5.33. The van der Waals surface area contributed by atoms with E-state index in [2.05, 4.69) is 15.0 Å². The second kappa shape index (κ2) is 4.48. The average Bonchev–Trinajstić information content (AvgIpc) is 2.75. The standard InChI is InChI=1S/C9H14N4O3/c1-15-8-10-7(11-9(12-8)16-2)13-4-3-6(14)5-13/h6,14H,3-5H2,1-2H3. The van der Waals surface area contributed by atoms with Crippen molar-refractivity contribution in [1.82, 2.24) is 15.0 Å². The Hall–Kier alpha value is -1.63. The van der Waals surface area contributed by atoms with Crippen LogP contribution in [0.2, 0.25) is 0 Å². The Labute approximate surface area is 93.1 Å². The summed E-state index contributed by atoms with van der Waals surface area (Å²) in [5.41, 5.74) is 0. The SMILES string of the molecule is COc1nc(OC)nc(N2CCC(O)C2)n1. The lowest BCUT2D eigenvalue weighted by atomic mass is 10.3. The molecule has 0 aromatic carbocycles. The Bertz CT molecular complexity index is 352. The molecule has 1 fully saturated rings. The molecule has 88 valence electrons. The van der Waals surface area contributed by atoms with Crippen molar-refractivity contribution in [2.75, 3.05) is 32.2 Å². The minimum atomic E-state index is -0.325. The number of β-amino-alcohol motifs (C(OH)–C–C–N with tert-alkyl or cyclic N) is 1. The molecule has 0 aliphatic carbocycles. The van der Waals surface area contributed by atoms with Gasteiger partial charge >= 0.3 is 12.0 Å². The fourth-order valence-corrected chi connectivity index (χ4v) is 1.58. The molecule has 1 aliphatic rings. The molecule has 7 heteroatoms. The number of nitrogens with zero attached hydrogens (tertiary/aromatic N) is 4. The minimum Gasteiger partial charge on any atom is -0.467 e. The molecule has 16 heavy (non-hydrogen) atoms. The van der Waals surface area contributed by atoms with E-state index in [4.69, 9.17) is 9.47 Å². The number of aliphatic hydroxyl groups excluding tert-OH is 1. The van der Waals surface area contributed by atoms with Gasteiger partial charge in [0.1, 0.15) is 0 Å². The highest BCUT2D eigenvalue weighted by Crippen LogP contribution is 2.20. The van der Waals surface area contributed by atoms with Gasteiger partial charge in [-0.3, -0.25) is 0 Å². The molecule has 1 aromatic heterocycles. The van der Waals surface area contributed by atoms with Gasteiger partial charge in [-0.1, -0.05) is 0 Å². The van der Waals surface area contributed by atoms with E-state index in [9.17, 15) is 5.11 Å². The molecule has 0 spiro atoms. The van der Waals surface area contributed by atoms with E-state index in [1.54, 1.807) is 0 Å². The summed E-state index contributed by atoms with van der Waals surface area (Å²) in [5.74, 6) is 0.472. The summed E-state index contributed by atoms with van der Waals surface area (Å²) in [4.78, 5) is 14.0. The van der Waals surface area contributed by atoms with Crippen molar-refractivity contribution < 1.29 is 14.6 Å². The number of ether oxygens (including phenoxy) is 2. The first kappa shape index (κ1) is 10.9. The summed E-state index contributed by atoms with van der Waals surface area (Å²) in [5, 5.41) is 9.44. The van der Waals surface area contributed by atoms with Gasteiger partial charge < -0.3 is 19.5 Å². The lowest BCUT2D eigenvalue weighted by Crippen LogP contribution is -2.24. The van der Waals surface area contributed by atoms with Crippen LogP contribution >= 0.6 is 0 Å². The van der Waals surface area contributed by atoms with Gasteiger partial charge in [-0.15, -0.1) is 4.98 Å². The molecule has 2 heterocycles. The van der Waals surface area contributed by atoms with Crippen LogP contribution in [0.3, 0.4) is 0 Å². The maximum Gasteiger partial charge on any atom is 0.324 e. The number of methoxy groups -OCH3 is 2. The van der Waals surface area contributed by atoms with Crippen LogP contribution in [-0.2, 0) is 0 Å². The molecule has 0 radical (unpaired) electrons. The molecule has 1 saturated heterocycles. The third-order valence-electron chi connectivity index (χ3n) is 2.39. The largest absolute Gasteiger partial charge is 0.467 e. The van der Waals surface area contributed by atoms with Gasteiger partial charge in [-0.2, -0.15) is 9.97 Å². The normalized spacial score (nSPS) is 19.9. The van der Waals surface area contributed by atoms with Crippen molar-refractivity contribution >= 4 is 5.95 Å². The highest BCUT2D eigenvalue weighted by atomic mass is 16.5. The Morgan fingerprint density at radius 1 is 1.19 bits per heavy atom. The van der Waals surface area contributed by atoms with Gasteiger partial charge in [0.15, 0.2) is 0 Å². The Balaban J connectivity index is 2.25. The Morgan fingerprint density at radius 2 is 1.81 bits per heavy atom. The van der Waals surface area contributed by atoms with E-state index in [1.807, 2.05) is 4.90 Å². The van der Waals surface area contributed by atoms with Crippen molar-refractivity contribution in [2.45, 2.75) is 12.5 Å². The highest BCUT2D eigenvalue weighted by Gasteiger charge is 2.23. The maximum absolute atomic E-state index is 9.44. The molecule has 7 nitrogen and oxygen atoms in total. The van der Waals surface area contributed by atoms with Crippen molar-refractivity contribution in [2.24, 2.45) is 0 Å². The molecular weight excluding hydrogens is 212 g/mol. The Morgan fingerprint density at radius 3 is 2.25 bits per heavy atom. The van der Waals surface area contributed by atoms with Gasteiger partial charge in [0.25, 0.3) is 0 Å². The molecule has 1 N–H and O–H groups in total. The molecule has 1 aromatic rings. The molecule has 0 bridgehead atoms. The quantitative estimate of drug-likeness (QED) is 0.741. The molecule has 0 saturated carbocycles. The van der Waals surface area contributed by atoms with Crippen LogP contribution in [0.15, 0.2) is 0 Å². The van der Waals surface area contributed by atoms with E-state index < -0.39 is 0 Å². The fraction of sp³-hybridized carbons (Fsp3) is 0.667. The predicted molar refractivity (Wildman–Crippen MR) is 55.8 cm³/mol. The zero-order valence-electron chi connectivity index (χ0n) is 9.25. The van der Waals surface area contributed by atoms with Crippen LogP contribution in [0.1, 0.15) is 6.42 Å². The first-order valence-corrected chi connectivity index (χ1v) is 5.00. The monoisotopic (exact) mass is 226 g/mol. The van der Waals surface area contributed by atoms with Crippen molar-refractivity contribution in [3.8, 4) is 12.0 Å². The summed E-state index contributed by atoms with van der Waals surface area (Å²) < 4.78 is 9.90. The molecule has 2 rings (SSSR count). The smallest absolute Gasteiger partial charge is 0.324 e. The average molecular weight is 226 g/mol. The van der Waals surface area contributed by atoms with Gasteiger partial charge in [0.05, 0.1) is 20.3 Å². The van der Waals surface area contributed by atoms with E-state index in [0.717, 1.165) is 13.0 Å². The molecule has 1 unspecified atom stereocenters. The van der Waals surface area contributed by atoms with Crippen molar-refractivity contribution in [3.05, 3.63) is 0 Å². The summed E-state index contributed by atoms with van der Waals surface area (Å²) in [6, 6.07) is 0.423. The maximum atomic E-state index is 9.44. The predicted octanol–water partition coefficient (Wildman–Crippen LogP) is -0.540. The van der Waals surface area contributed by atoms with E-state index in [1.165, 1.54) is 14.2 Å². The second-order valence-corrected chi connectivity index (χ2v) is 3.50. The molecular formula is C9H14N4O3. The molecule has 1 atom stereocenters. The lowest BCUT2D eigenvalue weighted by molar-refractivity contribution is 0.198. The third kappa shape index (κ3) is 2.13. The van der Waals surface area contributed by atoms with Gasteiger partial charge in [0.2, 0.25) is 5.95 Å². The van der Waals surface area contributed by atoms with Crippen LogP contribution < -0.4 is 14.4 Å². The van der Waals surface area contributed by atoms with E-state index >= 15 is 0 Å². The number of rotatable bonds is 3. The van der Waals surface area contributed by atoms with E-state index in [0.29, 0.717) is 12.5 Å². The van der Waals surface area contributed by atoms with Crippen LogP contribution in [0.25, 0.3) is 0 Å². The van der Waals surface area contributed by atoms with Gasteiger partial charge in [-0.05, 0) is 6.42 Å². The Kier molecular flexibility index (Phi) is 3.04. The zero-order chi connectivity index (χ0) is 11.5. The number of hydrogen-bond donors (Lipinski definition) is 1.